The monoisotopic (exact) mass is 324 g/mol. The van der Waals surface area contributed by atoms with E-state index in [0.29, 0.717) is 6.54 Å². The van der Waals surface area contributed by atoms with Crippen LogP contribution in [0.5, 0.6) is 0 Å². The Bertz CT molecular complexity index is 523. The molecule has 1 amide bonds. The minimum atomic E-state index is -0.543. The van der Waals surface area contributed by atoms with Gasteiger partial charge in [-0.3, -0.25) is 10.1 Å². The summed E-state index contributed by atoms with van der Waals surface area (Å²) in [5.74, 6) is 0.113. The van der Waals surface area contributed by atoms with Gasteiger partial charge in [0.1, 0.15) is 0 Å². The normalized spacial score (nSPS) is 21.6. The van der Waals surface area contributed by atoms with Crippen molar-refractivity contribution in [3.63, 3.8) is 0 Å². The number of carbonyl (C=O) groups is 1. The molecule has 1 N–H and O–H groups in total. The van der Waals surface area contributed by atoms with Crippen LogP contribution in [0.25, 0.3) is 0 Å². The van der Waals surface area contributed by atoms with Gasteiger partial charge in [0.2, 0.25) is 5.91 Å². The number of aryl methyl sites for hydroxylation is 1. The first-order chi connectivity index (χ1) is 8.62. The molecule has 1 heterocycles. The van der Waals surface area contributed by atoms with E-state index in [-0.39, 0.29) is 11.4 Å². The van der Waals surface area contributed by atoms with E-state index >= 15 is 0 Å². The molecule has 1 aliphatic heterocycles. The molecule has 4 heteroatoms. The second kappa shape index (κ2) is 4.60. The highest BCUT2D eigenvalue weighted by molar-refractivity contribution is 9.10. The van der Waals surface area contributed by atoms with Crippen LogP contribution >= 0.6 is 15.9 Å². The minimum Gasteiger partial charge on any atom is -0.309 e. The molecule has 0 radical (unpaired) electrons. The standard InChI is InChI=1S/C15H21BrN2O/c1-10-6-7-11(8-12(10)16)18-9-14(2,3)17-15(4,5)13(18)19/h6-8,17H,9H2,1-5H3. The molecule has 0 aromatic heterocycles. The SMILES string of the molecule is Cc1ccc(N2CC(C)(C)NC(C)(C)C2=O)cc1Br. The Balaban J connectivity index is 2.42. The molecule has 1 aliphatic rings. The molecule has 19 heavy (non-hydrogen) atoms. The van der Waals surface area contributed by atoms with Crippen LogP contribution in [0.1, 0.15) is 33.3 Å². The Morgan fingerprint density at radius 2 is 1.89 bits per heavy atom. The number of carbonyl (C=O) groups excluding carboxylic acids is 1. The summed E-state index contributed by atoms with van der Waals surface area (Å²) in [5.41, 5.74) is 1.48. The average molecular weight is 325 g/mol. The topological polar surface area (TPSA) is 32.3 Å². The smallest absolute Gasteiger partial charge is 0.246 e. The van der Waals surface area contributed by atoms with Crippen LogP contribution in [0, 0.1) is 6.92 Å². The van der Waals surface area contributed by atoms with Crippen molar-refractivity contribution < 1.29 is 4.79 Å². The maximum Gasteiger partial charge on any atom is 0.246 e. The quantitative estimate of drug-likeness (QED) is 0.860. The zero-order valence-corrected chi connectivity index (χ0v) is 13.8. The van der Waals surface area contributed by atoms with Crippen molar-refractivity contribution in [1.82, 2.24) is 5.32 Å². The minimum absolute atomic E-state index is 0.102. The Labute approximate surface area is 123 Å². The number of halogens is 1. The molecule has 104 valence electrons. The highest BCUT2D eigenvalue weighted by Crippen LogP contribution is 2.30. The van der Waals surface area contributed by atoms with Gasteiger partial charge in [-0.1, -0.05) is 22.0 Å². The molecular weight excluding hydrogens is 304 g/mol. The highest BCUT2D eigenvalue weighted by Gasteiger charge is 2.43. The molecule has 0 aliphatic carbocycles. The van der Waals surface area contributed by atoms with Gasteiger partial charge in [-0.05, 0) is 52.3 Å². The Morgan fingerprint density at radius 3 is 2.47 bits per heavy atom. The van der Waals surface area contributed by atoms with Crippen molar-refractivity contribution in [3.05, 3.63) is 28.2 Å². The van der Waals surface area contributed by atoms with Gasteiger partial charge in [0.05, 0.1) is 5.54 Å². The number of hydrogen-bond donors (Lipinski definition) is 1. The van der Waals surface area contributed by atoms with E-state index in [1.165, 1.54) is 5.56 Å². The first kappa shape index (κ1) is 14.5. The van der Waals surface area contributed by atoms with Crippen molar-refractivity contribution in [2.24, 2.45) is 0 Å². The fraction of sp³-hybridized carbons (Fsp3) is 0.533. The molecule has 0 bridgehead atoms. The summed E-state index contributed by atoms with van der Waals surface area (Å²) in [4.78, 5) is 14.5. The lowest BCUT2D eigenvalue weighted by atomic mass is 9.90. The molecule has 1 fully saturated rings. The van der Waals surface area contributed by atoms with Gasteiger partial charge in [0.15, 0.2) is 0 Å². The lowest BCUT2D eigenvalue weighted by Crippen LogP contribution is -2.70. The van der Waals surface area contributed by atoms with Gasteiger partial charge >= 0.3 is 0 Å². The third kappa shape index (κ3) is 2.84. The molecular formula is C15H21BrN2O. The number of nitrogens with zero attached hydrogens (tertiary/aromatic N) is 1. The van der Waals surface area contributed by atoms with Crippen molar-refractivity contribution >= 4 is 27.5 Å². The molecule has 0 atom stereocenters. The summed E-state index contributed by atoms with van der Waals surface area (Å²) < 4.78 is 1.03. The van der Waals surface area contributed by atoms with Crippen LogP contribution < -0.4 is 10.2 Å². The van der Waals surface area contributed by atoms with E-state index in [2.05, 4.69) is 35.1 Å². The molecule has 0 unspecified atom stereocenters. The molecule has 0 spiro atoms. The van der Waals surface area contributed by atoms with Crippen molar-refractivity contribution in [2.75, 3.05) is 11.4 Å². The van der Waals surface area contributed by atoms with Crippen LogP contribution in [0.4, 0.5) is 5.69 Å². The van der Waals surface area contributed by atoms with E-state index < -0.39 is 5.54 Å². The summed E-state index contributed by atoms with van der Waals surface area (Å²) in [6, 6.07) is 6.06. The largest absolute Gasteiger partial charge is 0.309 e. The van der Waals surface area contributed by atoms with Crippen molar-refractivity contribution in [1.29, 1.82) is 0 Å². The first-order valence-corrected chi connectivity index (χ1v) is 7.29. The van der Waals surface area contributed by atoms with E-state index in [1.807, 2.05) is 43.9 Å². The summed E-state index contributed by atoms with van der Waals surface area (Å²) >= 11 is 3.54. The van der Waals surface area contributed by atoms with Crippen molar-refractivity contribution in [3.8, 4) is 0 Å². The van der Waals surface area contributed by atoms with Gasteiger partial charge in [0.25, 0.3) is 0 Å². The van der Waals surface area contributed by atoms with E-state index in [9.17, 15) is 4.79 Å². The van der Waals surface area contributed by atoms with E-state index in [1.54, 1.807) is 0 Å². The molecule has 1 aromatic carbocycles. The van der Waals surface area contributed by atoms with Crippen LogP contribution in [0.3, 0.4) is 0 Å². The summed E-state index contributed by atoms with van der Waals surface area (Å²) in [6.45, 7) is 10.8. The molecule has 3 nitrogen and oxygen atoms in total. The predicted molar refractivity (Wildman–Crippen MR) is 82.5 cm³/mol. The lowest BCUT2D eigenvalue weighted by Gasteiger charge is -2.47. The number of nitrogens with one attached hydrogen (secondary N) is 1. The van der Waals surface area contributed by atoms with Crippen LogP contribution in [0.15, 0.2) is 22.7 Å². The van der Waals surface area contributed by atoms with E-state index in [4.69, 9.17) is 0 Å². The zero-order valence-electron chi connectivity index (χ0n) is 12.2. The number of benzene rings is 1. The highest BCUT2D eigenvalue weighted by atomic mass is 79.9. The zero-order chi connectivity index (χ0) is 14.4. The van der Waals surface area contributed by atoms with Gasteiger partial charge in [-0.2, -0.15) is 0 Å². The van der Waals surface area contributed by atoms with Crippen LogP contribution in [-0.4, -0.2) is 23.5 Å². The molecule has 1 saturated heterocycles. The molecule has 1 aromatic rings. The maximum absolute atomic E-state index is 12.6. The predicted octanol–water partition coefficient (Wildman–Crippen LogP) is 3.25. The Hall–Kier alpha value is -0.870. The van der Waals surface area contributed by atoms with Gasteiger partial charge < -0.3 is 4.90 Å². The number of piperazine rings is 1. The Kier molecular flexibility index (Phi) is 3.52. The van der Waals surface area contributed by atoms with Crippen LogP contribution in [-0.2, 0) is 4.79 Å². The lowest BCUT2D eigenvalue weighted by molar-refractivity contribution is -0.126. The summed E-state index contributed by atoms with van der Waals surface area (Å²) in [5, 5.41) is 3.40. The molecule has 2 rings (SSSR count). The fourth-order valence-electron chi connectivity index (χ4n) is 2.70. The number of anilines is 1. The van der Waals surface area contributed by atoms with Gasteiger partial charge in [0, 0.05) is 22.2 Å². The van der Waals surface area contributed by atoms with Gasteiger partial charge in [-0.15, -0.1) is 0 Å². The Morgan fingerprint density at radius 1 is 1.26 bits per heavy atom. The number of hydrogen-bond acceptors (Lipinski definition) is 2. The van der Waals surface area contributed by atoms with Crippen molar-refractivity contribution in [2.45, 2.75) is 45.7 Å². The second-order valence-electron chi connectivity index (χ2n) is 6.46. The fourth-order valence-corrected chi connectivity index (χ4v) is 3.07. The van der Waals surface area contributed by atoms with Crippen LogP contribution in [0.2, 0.25) is 0 Å². The maximum atomic E-state index is 12.6. The third-order valence-corrected chi connectivity index (χ3v) is 4.31. The number of rotatable bonds is 1. The summed E-state index contributed by atoms with van der Waals surface area (Å²) in [6.07, 6.45) is 0. The molecule has 0 saturated carbocycles. The third-order valence-electron chi connectivity index (χ3n) is 3.45. The second-order valence-corrected chi connectivity index (χ2v) is 7.31. The number of amides is 1. The van der Waals surface area contributed by atoms with Gasteiger partial charge in [-0.25, -0.2) is 0 Å². The average Bonchev–Trinajstić information content (AvgIpc) is 2.26. The van der Waals surface area contributed by atoms with E-state index in [0.717, 1.165) is 10.2 Å². The summed E-state index contributed by atoms with van der Waals surface area (Å²) in [7, 11) is 0. The first-order valence-electron chi connectivity index (χ1n) is 6.50.